The topological polar surface area (TPSA) is 91.4 Å². The molecule has 9 heteroatoms. The molecule has 0 saturated heterocycles. The van der Waals surface area contributed by atoms with Crippen LogP contribution in [-0.4, -0.2) is 26.5 Å². The molecular formula is C26H24N4O3S2. The summed E-state index contributed by atoms with van der Waals surface area (Å²) >= 11 is 1.16. The van der Waals surface area contributed by atoms with Crippen LogP contribution < -0.4 is 14.9 Å². The molecule has 0 unspecified atom stereocenters. The predicted octanol–water partition coefficient (Wildman–Crippen LogP) is 6.31. The summed E-state index contributed by atoms with van der Waals surface area (Å²) in [4.78, 5) is 17.4. The molecule has 35 heavy (non-hydrogen) atoms. The third-order valence-corrected chi connectivity index (χ3v) is 8.56. The van der Waals surface area contributed by atoms with E-state index in [9.17, 15) is 13.2 Å². The third-order valence-electron chi connectivity index (χ3n) is 5.22. The Morgan fingerprint density at radius 1 is 0.914 bits per heavy atom. The van der Waals surface area contributed by atoms with E-state index in [1.165, 1.54) is 11.4 Å². The Kier molecular flexibility index (Phi) is 6.99. The number of sulfonamides is 1. The molecule has 0 aliphatic heterocycles. The fourth-order valence-corrected chi connectivity index (χ4v) is 6.06. The Bertz CT molecular complexity index is 1460. The zero-order chi connectivity index (χ0) is 25.0. The second-order valence-corrected chi connectivity index (χ2v) is 11.0. The van der Waals surface area contributed by atoms with E-state index in [2.05, 4.69) is 22.2 Å². The smallest absolute Gasteiger partial charge is 0.308 e. The molecule has 0 aliphatic rings. The number of rotatable bonds is 7. The lowest BCUT2D eigenvalue weighted by Crippen LogP contribution is -2.25. The number of para-hydroxylation sites is 1. The molecule has 0 aliphatic carbocycles. The molecule has 2 aromatic heterocycles. The van der Waals surface area contributed by atoms with Gasteiger partial charge in [0.15, 0.2) is 0 Å². The van der Waals surface area contributed by atoms with Crippen LogP contribution in [0, 0.1) is 0 Å². The van der Waals surface area contributed by atoms with Gasteiger partial charge in [0.2, 0.25) is 0 Å². The van der Waals surface area contributed by atoms with Crippen LogP contribution in [0.1, 0.15) is 12.5 Å². The molecule has 7 nitrogen and oxygen atoms in total. The van der Waals surface area contributed by atoms with Crippen LogP contribution in [0.5, 0.6) is 0 Å². The maximum absolute atomic E-state index is 13.3. The van der Waals surface area contributed by atoms with Crippen molar-refractivity contribution in [1.29, 1.82) is 0 Å². The Labute approximate surface area is 208 Å². The molecule has 0 saturated carbocycles. The highest BCUT2D eigenvalue weighted by Crippen LogP contribution is 2.35. The molecule has 0 radical (unpaired) electrons. The van der Waals surface area contributed by atoms with Crippen molar-refractivity contribution in [3.05, 3.63) is 97.2 Å². The highest BCUT2D eigenvalue weighted by Gasteiger charge is 2.24. The molecule has 2 N–H and O–H groups in total. The van der Waals surface area contributed by atoms with Crippen molar-refractivity contribution in [2.24, 2.45) is 0 Å². The van der Waals surface area contributed by atoms with Crippen molar-refractivity contribution in [2.45, 2.75) is 11.1 Å². The fraction of sp³-hybridized carbons (Fsp3) is 0.0769. The Balaban J connectivity index is 1.49. The minimum absolute atomic E-state index is 0.206. The quantitative estimate of drug-likeness (QED) is 0.308. The Hall–Kier alpha value is -3.95. The van der Waals surface area contributed by atoms with Gasteiger partial charge in [-0.05, 0) is 67.1 Å². The number of nitrogens with zero attached hydrogens (tertiary/aromatic N) is 2. The minimum atomic E-state index is -3.79. The number of allylic oxidation sites excluding steroid dienone is 1. The number of urea groups is 1. The van der Waals surface area contributed by atoms with Gasteiger partial charge in [-0.2, -0.15) is 0 Å². The molecule has 178 valence electrons. The van der Waals surface area contributed by atoms with Crippen molar-refractivity contribution >= 4 is 50.0 Å². The number of hydrogen-bond acceptors (Lipinski definition) is 5. The Morgan fingerprint density at radius 3 is 2.23 bits per heavy atom. The average Bonchev–Trinajstić information content (AvgIpc) is 3.36. The van der Waals surface area contributed by atoms with Gasteiger partial charge in [0.05, 0.1) is 16.3 Å². The van der Waals surface area contributed by atoms with Crippen molar-refractivity contribution in [1.82, 2.24) is 4.98 Å². The first kappa shape index (κ1) is 24.2. The molecular weight excluding hydrogens is 480 g/mol. The molecule has 2 amide bonds. The van der Waals surface area contributed by atoms with Crippen LogP contribution in [0.4, 0.5) is 21.9 Å². The number of pyridine rings is 1. The number of aromatic nitrogens is 1. The first-order chi connectivity index (χ1) is 16.8. The van der Waals surface area contributed by atoms with Crippen LogP contribution in [-0.2, 0) is 10.0 Å². The van der Waals surface area contributed by atoms with Gasteiger partial charge in [0, 0.05) is 30.2 Å². The summed E-state index contributed by atoms with van der Waals surface area (Å²) in [6.07, 6.45) is 1.68. The second kappa shape index (κ2) is 10.1. The lowest BCUT2D eigenvalue weighted by Gasteiger charge is -2.19. The summed E-state index contributed by atoms with van der Waals surface area (Å²) in [7, 11) is -2.29. The lowest BCUT2D eigenvalue weighted by atomic mass is 10.1. The van der Waals surface area contributed by atoms with E-state index in [4.69, 9.17) is 0 Å². The Morgan fingerprint density at radius 2 is 1.57 bits per heavy atom. The highest BCUT2D eigenvalue weighted by atomic mass is 32.2. The molecule has 4 aromatic rings. The van der Waals surface area contributed by atoms with Crippen LogP contribution in [0.15, 0.2) is 95.8 Å². The molecule has 0 fully saturated rings. The number of carbonyl (C=O) groups excluding carboxylic acids is 1. The largest absolute Gasteiger partial charge is 0.323 e. The summed E-state index contributed by atoms with van der Waals surface area (Å²) in [5.41, 5.74) is 4.12. The number of carbonyl (C=O) groups is 1. The number of anilines is 3. The van der Waals surface area contributed by atoms with Gasteiger partial charge >= 0.3 is 6.03 Å². The maximum atomic E-state index is 13.3. The second-order valence-electron chi connectivity index (χ2n) is 7.76. The van der Waals surface area contributed by atoms with Gasteiger partial charge in [0.1, 0.15) is 4.21 Å². The van der Waals surface area contributed by atoms with Crippen LogP contribution >= 0.6 is 11.3 Å². The summed E-state index contributed by atoms with van der Waals surface area (Å²) < 4.78 is 28.0. The normalized spacial score (nSPS) is 11.0. The van der Waals surface area contributed by atoms with E-state index in [1.807, 2.05) is 37.3 Å². The number of nitrogens with one attached hydrogen (secondary N) is 2. The number of benzene rings is 2. The van der Waals surface area contributed by atoms with Crippen molar-refractivity contribution < 1.29 is 13.2 Å². The van der Waals surface area contributed by atoms with Gasteiger partial charge in [0.25, 0.3) is 10.0 Å². The number of thiophene rings is 1. The maximum Gasteiger partial charge on any atom is 0.323 e. The van der Waals surface area contributed by atoms with Crippen molar-refractivity contribution in [3.63, 3.8) is 0 Å². The average molecular weight is 505 g/mol. The lowest BCUT2D eigenvalue weighted by molar-refractivity contribution is 0.262. The van der Waals surface area contributed by atoms with Crippen molar-refractivity contribution in [3.8, 4) is 10.6 Å². The summed E-state index contributed by atoms with van der Waals surface area (Å²) in [5.74, 6) is 0. The van der Waals surface area contributed by atoms with Gasteiger partial charge in [-0.15, -0.1) is 11.3 Å². The molecule has 0 spiro atoms. The number of amides is 2. The van der Waals surface area contributed by atoms with Gasteiger partial charge in [-0.1, -0.05) is 30.8 Å². The van der Waals surface area contributed by atoms with E-state index in [-0.39, 0.29) is 10.2 Å². The first-order valence-corrected chi connectivity index (χ1v) is 12.9. The van der Waals surface area contributed by atoms with Gasteiger partial charge < -0.3 is 10.6 Å². The standard InChI is InChI=1S/C26H24N4O3S2/c1-18(2)22-10-7-17-27-25(22)23-15-16-24(34-23)35(32,33)30(3)21-13-11-20(12-14-21)29-26(31)28-19-8-5-4-6-9-19/h4-17H,1H2,2-3H3,(H2,28,29,31). The summed E-state index contributed by atoms with van der Waals surface area (Å²) in [6, 6.07) is 22.4. The number of hydrogen-bond donors (Lipinski definition) is 2. The zero-order valence-corrected chi connectivity index (χ0v) is 20.9. The van der Waals surface area contributed by atoms with Crippen LogP contribution in [0.25, 0.3) is 16.1 Å². The van der Waals surface area contributed by atoms with E-state index < -0.39 is 10.0 Å². The van der Waals surface area contributed by atoms with E-state index >= 15 is 0 Å². The molecule has 4 rings (SSSR count). The fourth-order valence-electron chi connectivity index (χ4n) is 3.38. The van der Waals surface area contributed by atoms with E-state index in [0.717, 1.165) is 27.4 Å². The van der Waals surface area contributed by atoms with Crippen LogP contribution in [0.2, 0.25) is 0 Å². The van der Waals surface area contributed by atoms with Gasteiger partial charge in [-0.25, -0.2) is 13.2 Å². The van der Waals surface area contributed by atoms with Gasteiger partial charge in [-0.3, -0.25) is 9.29 Å². The molecule has 0 bridgehead atoms. The van der Waals surface area contributed by atoms with Crippen molar-refractivity contribution in [2.75, 3.05) is 22.0 Å². The first-order valence-electron chi connectivity index (χ1n) is 10.7. The molecule has 0 atom stereocenters. The predicted molar refractivity (Wildman–Crippen MR) is 143 cm³/mol. The minimum Gasteiger partial charge on any atom is -0.308 e. The zero-order valence-electron chi connectivity index (χ0n) is 19.2. The van der Waals surface area contributed by atoms with Crippen LogP contribution in [0.3, 0.4) is 0 Å². The highest BCUT2D eigenvalue weighted by molar-refractivity contribution is 7.94. The van der Waals surface area contributed by atoms with E-state index in [1.54, 1.807) is 54.7 Å². The monoisotopic (exact) mass is 504 g/mol. The summed E-state index contributed by atoms with van der Waals surface area (Å²) in [5, 5.41) is 5.47. The van der Waals surface area contributed by atoms with E-state index in [0.29, 0.717) is 22.8 Å². The molecule has 2 aromatic carbocycles. The third kappa shape index (κ3) is 5.42. The molecule has 2 heterocycles. The SMILES string of the molecule is C=C(C)c1cccnc1-c1ccc(S(=O)(=O)N(C)c2ccc(NC(=O)Nc3ccccc3)cc2)s1. The summed E-state index contributed by atoms with van der Waals surface area (Å²) in [6.45, 7) is 5.88.